The first-order valence-electron chi connectivity index (χ1n) is 3.31. The second-order valence-electron chi connectivity index (χ2n) is 2.88. The van der Waals surface area contributed by atoms with Crippen molar-refractivity contribution >= 4 is 0 Å². The Bertz CT molecular complexity index is 130. The summed E-state index contributed by atoms with van der Waals surface area (Å²) in [5.41, 5.74) is 6.06. The van der Waals surface area contributed by atoms with Crippen LogP contribution in [0, 0.1) is 5.41 Å². The molecule has 0 spiro atoms. The predicted molar refractivity (Wildman–Crippen MR) is 42.6 cm³/mol. The van der Waals surface area contributed by atoms with Gasteiger partial charge in [0.15, 0.2) is 0 Å². The molecule has 0 aromatic rings. The van der Waals surface area contributed by atoms with E-state index in [0.29, 0.717) is 6.54 Å². The van der Waals surface area contributed by atoms with Crippen molar-refractivity contribution in [3.63, 3.8) is 0 Å². The van der Waals surface area contributed by atoms with E-state index in [-0.39, 0.29) is 5.41 Å². The summed E-state index contributed by atoms with van der Waals surface area (Å²) < 4.78 is 0. The minimum atomic E-state index is -0.163. The van der Waals surface area contributed by atoms with Crippen molar-refractivity contribution in [1.29, 1.82) is 0 Å². The molecule has 3 heteroatoms. The average molecular weight is 144 g/mol. The van der Waals surface area contributed by atoms with Crippen LogP contribution in [0.2, 0.25) is 0 Å². The van der Waals surface area contributed by atoms with Crippen molar-refractivity contribution in [2.75, 3.05) is 13.6 Å². The maximum Gasteiger partial charge on any atom is 0.0986 e. The number of nitrogens with two attached hydrogens (primary N) is 1. The molecule has 0 aliphatic rings. The van der Waals surface area contributed by atoms with Crippen LogP contribution in [-0.4, -0.2) is 18.7 Å². The molecule has 0 rings (SSSR count). The van der Waals surface area contributed by atoms with Gasteiger partial charge in [-0.25, -0.2) is 0 Å². The zero-order valence-corrected chi connectivity index (χ0v) is 6.81. The molecule has 0 atom stereocenters. The molecule has 0 aliphatic carbocycles. The molecule has 0 radical (unpaired) electrons. The highest BCUT2D eigenvalue weighted by atomic mass is 16.2. The molecule has 0 unspecified atom stereocenters. The lowest BCUT2D eigenvalue weighted by molar-refractivity contribution is 0.388. The molecule has 3 nitrogen and oxygen atoms in total. The molecule has 60 valence electrons. The van der Waals surface area contributed by atoms with Crippen LogP contribution < -0.4 is 11.1 Å². The number of aliphatic hydroxyl groups is 1. The summed E-state index contributed by atoms with van der Waals surface area (Å²) in [7, 11) is 1.76. The smallest absolute Gasteiger partial charge is 0.0986 e. The van der Waals surface area contributed by atoms with Crippen molar-refractivity contribution in [1.82, 2.24) is 5.32 Å². The van der Waals surface area contributed by atoms with E-state index in [9.17, 15) is 0 Å². The van der Waals surface area contributed by atoms with Crippen LogP contribution in [-0.2, 0) is 0 Å². The van der Waals surface area contributed by atoms with Crippen LogP contribution in [0.4, 0.5) is 0 Å². The summed E-state index contributed by atoms with van der Waals surface area (Å²) in [6.45, 7) is 4.44. The van der Waals surface area contributed by atoms with E-state index < -0.39 is 0 Å². The monoisotopic (exact) mass is 144 g/mol. The van der Waals surface area contributed by atoms with Crippen molar-refractivity contribution in [2.45, 2.75) is 13.8 Å². The van der Waals surface area contributed by atoms with Gasteiger partial charge in [-0.2, -0.15) is 0 Å². The van der Waals surface area contributed by atoms with Crippen LogP contribution in [0.3, 0.4) is 0 Å². The number of nitrogens with one attached hydrogen (secondary N) is 1. The fourth-order valence-corrected chi connectivity index (χ4v) is 0.688. The van der Waals surface area contributed by atoms with Gasteiger partial charge in [0, 0.05) is 19.0 Å². The molecule has 0 amide bonds. The molecule has 0 heterocycles. The van der Waals surface area contributed by atoms with Crippen molar-refractivity contribution in [2.24, 2.45) is 11.1 Å². The van der Waals surface area contributed by atoms with E-state index >= 15 is 0 Å². The lowest BCUT2D eigenvalue weighted by Gasteiger charge is -2.24. The molecule has 0 bridgehead atoms. The van der Waals surface area contributed by atoms with Gasteiger partial charge in [-0.15, -0.1) is 0 Å². The zero-order chi connectivity index (χ0) is 8.20. The minimum absolute atomic E-state index is 0.163. The van der Waals surface area contributed by atoms with Crippen molar-refractivity contribution in [3.05, 3.63) is 12.0 Å². The minimum Gasteiger partial charge on any atom is -0.514 e. The Hall–Kier alpha value is -0.700. The standard InChI is InChI=1S/C7H16N2O/c1-7(2,5-8)6(4-10)9-3/h4,9-10H,5,8H2,1-3H3/b6-4-. The largest absolute Gasteiger partial charge is 0.514 e. The second kappa shape index (κ2) is 3.46. The van der Waals surface area contributed by atoms with Gasteiger partial charge in [0.2, 0.25) is 0 Å². The Morgan fingerprint density at radius 3 is 2.30 bits per heavy atom. The first-order chi connectivity index (χ1) is 4.58. The summed E-state index contributed by atoms with van der Waals surface area (Å²) in [5.74, 6) is 0. The Balaban J connectivity index is 4.28. The van der Waals surface area contributed by atoms with Gasteiger partial charge in [0.1, 0.15) is 0 Å². The zero-order valence-electron chi connectivity index (χ0n) is 6.81. The molecule has 4 N–H and O–H groups in total. The summed E-state index contributed by atoms with van der Waals surface area (Å²) in [4.78, 5) is 0. The van der Waals surface area contributed by atoms with Crippen LogP contribution >= 0.6 is 0 Å². The van der Waals surface area contributed by atoms with E-state index in [4.69, 9.17) is 10.8 Å². The Morgan fingerprint density at radius 2 is 2.20 bits per heavy atom. The van der Waals surface area contributed by atoms with Gasteiger partial charge >= 0.3 is 0 Å². The first kappa shape index (κ1) is 9.30. The second-order valence-corrected chi connectivity index (χ2v) is 2.88. The summed E-state index contributed by atoms with van der Waals surface area (Å²) in [6, 6.07) is 0. The van der Waals surface area contributed by atoms with Crippen LogP contribution in [0.1, 0.15) is 13.8 Å². The Morgan fingerprint density at radius 1 is 1.70 bits per heavy atom. The lowest BCUT2D eigenvalue weighted by atomic mass is 9.90. The summed E-state index contributed by atoms with van der Waals surface area (Å²) in [5, 5.41) is 11.6. The Labute approximate surface area is 61.9 Å². The highest BCUT2D eigenvalue weighted by molar-refractivity contribution is 5.06. The molecule has 0 aliphatic heterocycles. The molecule has 0 fully saturated rings. The van der Waals surface area contributed by atoms with E-state index in [2.05, 4.69) is 5.32 Å². The lowest BCUT2D eigenvalue weighted by Crippen LogP contribution is -2.31. The topological polar surface area (TPSA) is 58.3 Å². The maximum atomic E-state index is 8.71. The molecule has 0 saturated carbocycles. The fourth-order valence-electron chi connectivity index (χ4n) is 0.688. The van der Waals surface area contributed by atoms with Crippen LogP contribution in [0.5, 0.6) is 0 Å². The van der Waals surface area contributed by atoms with E-state index in [0.717, 1.165) is 12.0 Å². The molecular weight excluding hydrogens is 128 g/mol. The molecule has 0 aromatic heterocycles. The van der Waals surface area contributed by atoms with Gasteiger partial charge in [0.25, 0.3) is 0 Å². The quantitative estimate of drug-likeness (QED) is 0.508. The fraction of sp³-hybridized carbons (Fsp3) is 0.714. The average Bonchev–Trinajstić information content (AvgIpc) is 1.90. The number of hydrogen-bond acceptors (Lipinski definition) is 3. The molecule has 0 aromatic carbocycles. The normalized spacial score (nSPS) is 13.4. The molecular formula is C7H16N2O. The van der Waals surface area contributed by atoms with Crippen molar-refractivity contribution < 1.29 is 5.11 Å². The third kappa shape index (κ3) is 1.92. The van der Waals surface area contributed by atoms with E-state index in [1.807, 2.05) is 13.8 Å². The van der Waals surface area contributed by atoms with Gasteiger partial charge in [-0.1, -0.05) is 13.8 Å². The molecule has 10 heavy (non-hydrogen) atoms. The van der Waals surface area contributed by atoms with Crippen LogP contribution in [0.25, 0.3) is 0 Å². The van der Waals surface area contributed by atoms with E-state index in [1.165, 1.54) is 0 Å². The van der Waals surface area contributed by atoms with Gasteiger partial charge in [-0.05, 0) is 0 Å². The Kier molecular flexibility index (Phi) is 3.22. The third-order valence-corrected chi connectivity index (χ3v) is 1.64. The predicted octanol–water partition coefficient (Wildman–Crippen LogP) is 0.590. The highest BCUT2D eigenvalue weighted by Crippen LogP contribution is 2.20. The summed E-state index contributed by atoms with van der Waals surface area (Å²) in [6.07, 6.45) is 1.06. The first-order valence-corrected chi connectivity index (χ1v) is 3.31. The van der Waals surface area contributed by atoms with Crippen LogP contribution in [0.15, 0.2) is 12.0 Å². The SMILES string of the molecule is CN/C(=C\O)C(C)(C)CN. The number of hydrogen-bond donors (Lipinski definition) is 3. The third-order valence-electron chi connectivity index (χ3n) is 1.64. The van der Waals surface area contributed by atoms with Gasteiger partial charge < -0.3 is 16.2 Å². The highest BCUT2D eigenvalue weighted by Gasteiger charge is 2.20. The number of aliphatic hydroxyl groups excluding tert-OH is 1. The van der Waals surface area contributed by atoms with Gasteiger partial charge in [0.05, 0.1) is 12.0 Å². The molecule has 0 saturated heterocycles. The summed E-state index contributed by atoms with van der Waals surface area (Å²) >= 11 is 0. The van der Waals surface area contributed by atoms with Gasteiger partial charge in [-0.3, -0.25) is 0 Å². The number of rotatable bonds is 3. The van der Waals surface area contributed by atoms with Crippen molar-refractivity contribution in [3.8, 4) is 0 Å². The van der Waals surface area contributed by atoms with E-state index in [1.54, 1.807) is 7.05 Å². The maximum absolute atomic E-state index is 8.71.